The minimum atomic E-state index is -0.0332. The maximum atomic E-state index is 9.91. The molecule has 0 fully saturated rings. The van der Waals surface area contributed by atoms with E-state index >= 15 is 0 Å². The lowest BCUT2D eigenvalue weighted by Gasteiger charge is -2.39. The van der Waals surface area contributed by atoms with Crippen molar-refractivity contribution >= 4 is 5.69 Å². The lowest BCUT2D eigenvalue weighted by atomic mass is 9.98. The summed E-state index contributed by atoms with van der Waals surface area (Å²) in [4.78, 5) is 2.25. The third kappa shape index (κ3) is 3.49. The predicted molar refractivity (Wildman–Crippen MR) is 109 cm³/mol. The van der Waals surface area contributed by atoms with E-state index in [1.807, 2.05) is 42.5 Å². The quantitative estimate of drug-likeness (QED) is 0.692. The van der Waals surface area contributed by atoms with Crippen LogP contribution >= 0.6 is 0 Å². The van der Waals surface area contributed by atoms with Crippen LogP contribution in [0.25, 0.3) is 11.1 Å². The fourth-order valence-electron chi connectivity index (χ4n) is 3.70. The number of anilines is 1. The third-order valence-corrected chi connectivity index (χ3v) is 5.01. The molecular weight excluding hydrogens is 354 g/mol. The van der Waals surface area contributed by atoms with Gasteiger partial charge in [0.05, 0.1) is 18.3 Å². The number of nitrogens with zero attached hydrogens (tertiary/aromatic N) is 1. The van der Waals surface area contributed by atoms with E-state index in [1.165, 1.54) is 0 Å². The Morgan fingerprint density at radius 3 is 2.50 bits per heavy atom. The lowest BCUT2D eigenvalue weighted by molar-refractivity contribution is 0.194. The molecule has 0 saturated carbocycles. The van der Waals surface area contributed by atoms with Crippen molar-refractivity contribution in [2.75, 3.05) is 31.8 Å². The summed E-state index contributed by atoms with van der Waals surface area (Å²) in [5.41, 5.74) is 3.80. The Morgan fingerprint density at radius 2 is 1.75 bits per heavy atom. The first-order valence-corrected chi connectivity index (χ1v) is 9.27. The number of hydrogen-bond donors (Lipinski definition) is 2. The van der Waals surface area contributed by atoms with Crippen molar-refractivity contribution in [3.63, 3.8) is 0 Å². The summed E-state index contributed by atoms with van der Waals surface area (Å²) in [6.45, 7) is 1.72. The highest BCUT2D eigenvalue weighted by atomic mass is 16.5. The molecule has 1 aliphatic heterocycles. The fourth-order valence-corrected chi connectivity index (χ4v) is 3.70. The van der Waals surface area contributed by atoms with E-state index in [2.05, 4.69) is 4.90 Å². The number of hydrogen-bond acceptors (Lipinski definition) is 5. The van der Waals surface area contributed by atoms with Crippen LogP contribution in [0, 0.1) is 0 Å². The van der Waals surface area contributed by atoms with Gasteiger partial charge in [-0.1, -0.05) is 36.4 Å². The standard InChI is InChI=1S/C23H23NO4/c1-27-12-11-24-21-10-4-9-20(16-5-2-7-18(25)13-16)23(21)28-15-22(24)17-6-3-8-19(26)14-17/h2-10,13-14,22,25-26H,11-12,15H2,1H3. The highest BCUT2D eigenvalue weighted by Crippen LogP contribution is 2.45. The second-order valence-corrected chi connectivity index (χ2v) is 6.81. The zero-order valence-corrected chi connectivity index (χ0v) is 15.7. The highest BCUT2D eigenvalue weighted by Gasteiger charge is 2.30. The predicted octanol–water partition coefficient (Wildman–Crippen LogP) is 4.35. The van der Waals surface area contributed by atoms with E-state index in [0.29, 0.717) is 19.8 Å². The number of methoxy groups -OCH3 is 1. The third-order valence-electron chi connectivity index (χ3n) is 5.01. The van der Waals surface area contributed by atoms with E-state index in [9.17, 15) is 10.2 Å². The van der Waals surface area contributed by atoms with Crippen LogP contribution in [-0.4, -0.2) is 37.1 Å². The Kier molecular flexibility index (Phi) is 5.08. The Balaban J connectivity index is 1.78. The topological polar surface area (TPSA) is 62.2 Å². The molecule has 0 amide bonds. The molecule has 0 aromatic heterocycles. The van der Waals surface area contributed by atoms with Crippen LogP contribution in [0.2, 0.25) is 0 Å². The van der Waals surface area contributed by atoms with Crippen molar-refractivity contribution in [1.29, 1.82) is 0 Å². The first-order chi connectivity index (χ1) is 13.7. The van der Waals surface area contributed by atoms with Gasteiger partial charge in [-0.2, -0.15) is 0 Å². The van der Waals surface area contributed by atoms with Crippen LogP contribution < -0.4 is 9.64 Å². The van der Waals surface area contributed by atoms with Crippen LogP contribution in [0.3, 0.4) is 0 Å². The Morgan fingerprint density at radius 1 is 1.00 bits per heavy atom. The molecule has 1 unspecified atom stereocenters. The van der Waals surface area contributed by atoms with Crippen LogP contribution in [0.4, 0.5) is 5.69 Å². The summed E-state index contributed by atoms with van der Waals surface area (Å²) >= 11 is 0. The van der Waals surface area contributed by atoms with Crippen molar-refractivity contribution in [2.24, 2.45) is 0 Å². The van der Waals surface area contributed by atoms with E-state index in [-0.39, 0.29) is 17.5 Å². The van der Waals surface area contributed by atoms with Gasteiger partial charge in [0.2, 0.25) is 0 Å². The van der Waals surface area contributed by atoms with E-state index in [1.54, 1.807) is 31.4 Å². The summed E-state index contributed by atoms with van der Waals surface area (Å²) < 4.78 is 11.6. The molecule has 5 nitrogen and oxygen atoms in total. The van der Waals surface area contributed by atoms with Gasteiger partial charge in [0, 0.05) is 19.2 Å². The maximum Gasteiger partial charge on any atom is 0.150 e. The molecule has 0 radical (unpaired) electrons. The van der Waals surface area contributed by atoms with Gasteiger partial charge in [-0.15, -0.1) is 0 Å². The molecule has 0 spiro atoms. The number of phenols is 2. The molecule has 0 bridgehead atoms. The molecule has 3 aromatic carbocycles. The molecule has 5 heteroatoms. The van der Waals surface area contributed by atoms with E-state index < -0.39 is 0 Å². The van der Waals surface area contributed by atoms with Gasteiger partial charge in [-0.25, -0.2) is 0 Å². The first kappa shape index (κ1) is 18.2. The summed E-state index contributed by atoms with van der Waals surface area (Å²) in [7, 11) is 1.69. The Bertz CT molecular complexity index is 972. The molecule has 2 N–H and O–H groups in total. The van der Waals surface area contributed by atoms with Gasteiger partial charge < -0.3 is 24.6 Å². The molecule has 1 atom stereocenters. The lowest BCUT2D eigenvalue weighted by Crippen LogP contribution is -2.38. The van der Waals surface area contributed by atoms with Crippen LogP contribution in [0.15, 0.2) is 66.7 Å². The normalized spacial score (nSPS) is 15.8. The molecule has 3 aromatic rings. The number of fused-ring (bicyclic) bond motifs is 1. The minimum Gasteiger partial charge on any atom is -0.508 e. The molecule has 1 heterocycles. The average molecular weight is 377 g/mol. The van der Waals surface area contributed by atoms with Crippen LogP contribution in [0.1, 0.15) is 11.6 Å². The van der Waals surface area contributed by atoms with Crippen LogP contribution in [-0.2, 0) is 4.74 Å². The summed E-state index contributed by atoms with van der Waals surface area (Å²) in [5.74, 6) is 1.25. The van der Waals surface area contributed by atoms with Crippen LogP contribution in [0.5, 0.6) is 17.2 Å². The monoisotopic (exact) mass is 377 g/mol. The molecule has 0 aliphatic carbocycles. The van der Waals surface area contributed by atoms with Gasteiger partial charge in [-0.3, -0.25) is 0 Å². The molecule has 28 heavy (non-hydrogen) atoms. The Labute approximate surface area is 164 Å². The van der Waals surface area contributed by atoms with Crippen molar-refractivity contribution in [1.82, 2.24) is 0 Å². The van der Waals surface area contributed by atoms with Gasteiger partial charge in [0.1, 0.15) is 18.1 Å². The van der Waals surface area contributed by atoms with Gasteiger partial charge in [0.15, 0.2) is 5.75 Å². The molecule has 4 rings (SSSR count). The van der Waals surface area contributed by atoms with E-state index in [0.717, 1.165) is 28.1 Å². The fraction of sp³-hybridized carbons (Fsp3) is 0.217. The van der Waals surface area contributed by atoms with Gasteiger partial charge in [0.25, 0.3) is 0 Å². The summed E-state index contributed by atoms with van der Waals surface area (Å²) in [5, 5.41) is 19.8. The van der Waals surface area contributed by atoms with Gasteiger partial charge in [-0.05, 0) is 41.5 Å². The minimum absolute atomic E-state index is 0.0332. The zero-order valence-electron chi connectivity index (χ0n) is 15.7. The molecule has 0 saturated heterocycles. The van der Waals surface area contributed by atoms with Crippen molar-refractivity contribution in [3.05, 3.63) is 72.3 Å². The zero-order chi connectivity index (χ0) is 19.5. The molecule has 1 aliphatic rings. The largest absolute Gasteiger partial charge is 0.508 e. The number of ether oxygens (including phenoxy) is 2. The Hall–Kier alpha value is -3.18. The van der Waals surface area contributed by atoms with Crippen molar-refractivity contribution in [3.8, 4) is 28.4 Å². The average Bonchev–Trinajstić information content (AvgIpc) is 2.71. The second kappa shape index (κ2) is 7.82. The maximum absolute atomic E-state index is 9.91. The highest BCUT2D eigenvalue weighted by molar-refractivity contribution is 5.80. The molecular formula is C23H23NO4. The van der Waals surface area contributed by atoms with Crippen molar-refractivity contribution < 1.29 is 19.7 Å². The first-order valence-electron chi connectivity index (χ1n) is 9.27. The SMILES string of the molecule is COCCN1c2cccc(-c3cccc(O)c3)c2OCC1c1cccc(O)c1. The number of benzene rings is 3. The number of para-hydroxylation sites is 1. The van der Waals surface area contributed by atoms with Crippen molar-refractivity contribution in [2.45, 2.75) is 6.04 Å². The second-order valence-electron chi connectivity index (χ2n) is 6.81. The summed E-state index contributed by atoms with van der Waals surface area (Å²) in [6.07, 6.45) is 0. The number of rotatable bonds is 5. The van der Waals surface area contributed by atoms with Gasteiger partial charge >= 0.3 is 0 Å². The smallest absolute Gasteiger partial charge is 0.150 e. The molecule has 144 valence electrons. The van der Waals surface area contributed by atoms with E-state index in [4.69, 9.17) is 9.47 Å². The summed E-state index contributed by atoms with van der Waals surface area (Å²) in [6, 6.07) is 20.4. The number of phenolic OH excluding ortho intramolecular Hbond substituents is 2. The number of aromatic hydroxyl groups is 2.